The van der Waals surface area contributed by atoms with Crippen LogP contribution in [-0.4, -0.2) is 35.6 Å². The number of nitrogens with zero attached hydrogens (tertiary/aromatic N) is 1. The van der Waals surface area contributed by atoms with Crippen LogP contribution in [0.15, 0.2) is 12.2 Å². The Morgan fingerprint density at radius 1 is 1.06 bits per heavy atom. The number of allylic oxidation sites excluding steroid dienone is 1. The molecule has 3 atom stereocenters. The second kappa shape index (κ2) is 5.75. The quantitative estimate of drug-likeness (QED) is 0.769. The molecule has 0 aromatic carbocycles. The highest BCUT2D eigenvalue weighted by molar-refractivity contribution is 5.03. The van der Waals surface area contributed by atoms with Crippen molar-refractivity contribution in [1.82, 2.24) is 10.2 Å². The van der Waals surface area contributed by atoms with Gasteiger partial charge in [-0.2, -0.15) is 0 Å². The molecule has 2 aliphatic heterocycles. The highest BCUT2D eigenvalue weighted by atomic mass is 15.3. The summed E-state index contributed by atoms with van der Waals surface area (Å²) in [7, 11) is 0. The van der Waals surface area contributed by atoms with E-state index in [-0.39, 0.29) is 0 Å². The fourth-order valence-electron chi connectivity index (χ4n) is 4.37. The SMILES string of the molecule is CCCNC1CC2CCC(C1)N2C1CC=CCC1. The minimum atomic E-state index is 0.804. The number of rotatable bonds is 4. The molecular weight excluding hydrogens is 220 g/mol. The molecule has 2 bridgehead atoms. The molecule has 2 nitrogen and oxygen atoms in total. The molecule has 1 N–H and O–H groups in total. The van der Waals surface area contributed by atoms with E-state index in [1.807, 2.05) is 0 Å². The van der Waals surface area contributed by atoms with E-state index in [4.69, 9.17) is 0 Å². The summed E-state index contributed by atoms with van der Waals surface area (Å²) in [5.41, 5.74) is 0. The van der Waals surface area contributed by atoms with Crippen LogP contribution >= 0.6 is 0 Å². The van der Waals surface area contributed by atoms with Crippen molar-refractivity contribution >= 4 is 0 Å². The van der Waals surface area contributed by atoms with Gasteiger partial charge in [-0.05, 0) is 57.9 Å². The predicted molar refractivity (Wildman–Crippen MR) is 76.7 cm³/mol. The van der Waals surface area contributed by atoms with Crippen molar-refractivity contribution in [3.8, 4) is 0 Å². The predicted octanol–water partition coefficient (Wildman–Crippen LogP) is 3.09. The fraction of sp³-hybridized carbons (Fsp3) is 0.875. The van der Waals surface area contributed by atoms with Gasteiger partial charge in [-0.1, -0.05) is 19.1 Å². The molecule has 0 saturated carbocycles. The number of fused-ring (bicyclic) bond motifs is 2. The first-order valence-corrected chi connectivity index (χ1v) is 8.04. The van der Waals surface area contributed by atoms with Crippen LogP contribution in [-0.2, 0) is 0 Å². The first-order chi connectivity index (χ1) is 8.88. The van der Waals surface area contributed by atoms with Crippen LogP contribution in [0, 0.1) is 0 Å². The summed E-state index contributed by atoms with van der Waals surface area (Å²) in [5.74, 6) is 0. The van der Waals surface area contributed by atoms with Crippen molar-refractivity contribution in [3.05, 3.63) is 12.2 Å². The van der Waals surface area contributed by atoms with Gasteiger partial charge in [0, 0.05) is 24.2 Å². The van der Waals surface area contributed by atoms with Gasteiger partial charge in [0.05, 0.1) is 0 Å². The van der Waals surface area contributed by atoms with Crippen molar-refractivity contribution in [2.24, 2.45) is 0 Å². The van der Waals surface area contributed by atoms with Gasteiger partial charge < -0.3 is 5.32 Å². The Balaban J connectivity index is 1.60. The first kappa shape index (κ1) is 12.7. The molecule has 2 fully saturated rings. The molecule has 0 aromatic heterocycles. The fourth-order valence-corrected chi connectivity index (χ4v) is 4.37. The van der Waals surface area contributed by atoms with Crippen LogP contribution in [0.5, 0.6) is 0 Å². The second-order valence-corrected chi connectivity index (χ2v) is 6.39. The van der Waals surface area contributed by atoms with Crippen molar-refractivity contribution in [2.45, 2.75) is 82.5 Å². The van der Waals surface area contributed by atoms with E-state index in [2.05, 4.69) is 29.3 Å². The topological polar surface area (TPSA) is 15.3 Å². The molecule has 1 aliphatic carbocycles. The van der Waals surface area contributed by atoms with E-state index >= 15 is 0 Å². The molecule has 3 unspecified atom stereocenters. The molecule has 0 aromatic rings. The van der Waals surface area contributed by atoms with E-state index < -0.39 is 0 Å². The lowest BCUT2D eigenvalue weighted by molar-refractivity contribution is 0.0651. The first-order valence-electron chi connectivity index (χ1n) is 8.04. The summed E-state index contributed by atoms with van der Waals surface area (Å²) in [4.78, 5) is 2.91. The smallest absolute Gasteiger partial charge is 0.0139 e. The Labute approximate surface area is 112 Å². The molecular formula is C16H28N2. The standard InChI is InChI=1S/C16H28N2/c1-2-10-17-13-11-15-8-9-16(12-13)18(15)14-6-4-3-5-7-14/h3-4,13-17H,2,5-12H2,1H3. The van der Waals surface area contributed by atoms with Gasteiger partial charge in [0.1, 0.15) is 0 Å². The van der Waals surface area contributed by atoms with Crippen molar-refractivity contribution in [3.63, 3.8) is 0 Å². The molecule has 0 amide bonds. The lowest BCUT2D eigenvalue weighted by Gasteiger charge is -2.44. The lowest BCUT2D eigenvalue weighted by atomic mass is 9.91. The Kier molecular flexibility index (Phi) is 4.05. The normalized spacial score (nSPS) is 40.3. The molecule has 0 spiro atoms. The van der Waals surface area contributed by atoms with Gasteiger partial charge in [0.15, 0.2) is 0 Å². The lowest BCUT2D eigenvalue weighted by Crippen LogP contribution is -2.53. The Bertz CT molecular complexity index is 285. The molecule has 3 rings (SSSR count). The van der Waals surface area contributed by atoms with Gasteiger partial charge in [0.2, 0.25) is 0 Å². The summed E-state index contributed by atoms with van der Waals surface area (Å²) < 4.78 is 0. The van der Waals surface area contributed by atoms with E-state index in [0.29, 0.717) is 0 Å². The third-order valence-corrected chi connectivity index (χ3v) is 5.14. The third kappa shape index (κ3) is 2.50. The molecule has 3 aliphatic rings. The Morgan fingerprint density at radius 3 is 2.44 bits per heavy atom. The van der Waals surface area contributed by atoms with E-state index in [0.717, 1.165) is 24.2 Å². The average Bonchev–Trinajstić information content (AvgIpc) is 2.69. The minimum Gasteiger partial charge on any atom is -0.314 e. The van der Waals surface area contributed by atoms with Gasteiger partial charge >= 0.3 is 0 Å². The number of hydrogen-bond donors (Lipinski definition) is 1. The van der Waals surface area contributed by atoms with Gasteiger partial charge in [-0.25, -0.2) is 0 Å². The number of hydrogen-bond acceptors (Lipinski definition) is 2. The summed E-state index contributed by atoms with van der Waals surface area (Å²) in [6, 6.07) is 3.43. The zero-order valence-electron chi connectivity index (χ0n) is 11.8. The minimum absolute atomic E-state index is 0.804. The second-order valence-electron chi connectivity index (χ2n) is 6.39. The van der Waals surface area contributed by atoms with Gasteiger partial charge in [-0.3, -0.25) is 4.90 Å². The van der Waals surface area contributed by atoms with Crippen LogP contribution in [0.2, 0.25) is 0 Å². The monoisotopic (exact) mass is 248 g/mol. The molecule has 2 heteroatoms. The zero-order chi connectivity index (χ0) is 12.4. The maximum Gasteiger partial charge on any atom is 0.0139 e. The van der Waals surface area contributed by atoms with Crippen LogP contribution in [0.1, 0.15) is 58.3 Å². The molecule has 18 heavy (non-hydrogen) atoms. The van der Waals surface area contributed by atoms with Crippen molar-refractivity contribution < 1.29 is 0 Å². The largest absolute Gasteiger partial charge is 0.314 e. The Hall–Kier alpha value is -0.340. The molecule has 0 radical (unpaired) electrons. The van der Waals surface area contributed by atoms with E-state index in [1.54, 1.807) is 0 Å². The van der Waals surface area contributed by atoms with Gasteiger partial charge in [0.25, 0.3) is 0 Å². The van der Waals surface area contributed by atoms with E-state index in [9.17, 15) is 0 Å². The zero-order valence-corrected chi connectivity index (χ0v) is 11.8. The van der Waals surface area contributed by atoms with Crippen molar-refractivity contribution in [2.75, 3.05) is 6.54 Å². The van der Waals surface area contributed by atoms with Crippen LogP contribution < -0.4 is 5.32 Å². The maximum absolute atomic E-state index is 3.75. The Morgan fingerprint density at radius 2 is 1.83 bits per heavy atom. The van der Waals surface area contributed by atoms with Crippen LogP contribution in [0.3, 0.4) is 0 Å². The number of piperidine rings is 1. The molecule has 2 heterocycles. The number of nitrogens with one attached hydrogen (secondary N) is 1. The molecule has 102 valence electrons. The maximum atomic E-state index is 3.75. The van der Waals surface area contributed by atoms with Crippen molar-refractivity contribution in [1.29, 1.82) is 0 Å². The summed E-state index contributed by atoms with van der Waals surface area (Å²) in [6.45, 7) is 3.47. The van der Waals surface area contributed by atoms with Crippen LogP contribution in [0.4, 0.5) is 0 Å². The molecule has 2 saturated heterocycles. The highest BCUT2D eigenvalue weighted by Crippen LogP contribution is 2.39. The summed E-state index contributed by atoms with van der Waals surface area (Å²) in [5, 5.41) is 3.75. The third-order valence-electron chi connectivity index (χ3n) is 5.14. The highest BCUT2D eigenvalue weighted by Gasteiger charge is 2.43. The summed E-state index contributed by atoms with van der Waals surface area (Å²) >= 11 is 0. The van der Waals surface area contributed by atoms with Gasteiger partial charge in [-0.15, -0.1) is 0 Å². The van der Waals surface area contributed by atoms with E-state index in [1.165, 1.54) is 57.9 Å². The average molecular weight is 248 g/mol. The summed E-state index contributed by atoms with van der Waals surface area (Å²) in [6.07, 6.45) is 15.8. The van der Waals surface area contributed by atoms with Crippen LogP contribution in [0.25, 0.3) is 0 Å².